The molecule has 4 heteroatoms. The van der Waals surface area contributed by atoms with Gasteiger partial charge in [0.25, 0.3) is 0 Å². The molecule has 0 fully saturated rings. The number of rotatable bonds is 4. The van der Waals surface area contributed by atoms with Gasteiger partial charge >= 0.3 is 0 Å². The zero-order valence-corrected chi connectivity index (χ0v) is 17.5. The summed E-state index contributed by atoms with van der Waals surface area (Å²) in [6.07, 6.45) is 6.49. The van der Waals surface area contributed by atoms with E-state index in [1.807, 2.05) is 30.3 Å². The minimum atomic E-state index is -0.301. The molecule has 1 N–H and O–H groups in total. The maximum atomic E-state index is 12.7. The summed E-state index contributed by atoms with van der Waals surface area (Å²) in [6, 6.07) is 23.1. The fraction of sp³-hybridized carbons (Fsp3) is 0. The molecule has 0 aliphatic heterocycles. The summed E-state index contributed by atoms with van der Waals surface area (Å²) < 4.78 is 0. The van der Waals surface area contributed by atoms with Gasteiger partial charge in [-0.15, -0.1) is 0 Å². The molecule has 3 aromatic carbocycles. The molecule has 158 valence electrons. The van der Waals surface area contributed by atoms with Crippen molar-refractivity contribution in [3.05, 3.63) is 142 Å². The first-order valence-corrected chi connectivity index (χ1v) is 10.5. The molecule has 4 nitrogen and oxygen atoms in total. The van der Waals surface area contributed by atoms with Crippen molar-refractivity contribution in [3.8, 4) is 0 Å². The SMILES string of the molecule is O=C1C(=CC=C(C=CC2=C(O)c3ccccc3C2=O)c2ccccc2)C(=O)c2ccccc21. The third-order valence-electron chi connectivity index (χ3n) is 5.80. The van der Waals surface area contributed by atoms with E-state index in [1.54, 1.807) is 66.8 Å². The van der Waals surface area contributed by atoms with E-state index in [0.717, 1.165) is 5.56 Å². The van der Waals surface area contributed by atoms with Crippen molar-refractivity contribution in [3.63, 3.8) is 0 Å². The Hall–Kier alpha value is -4.57. The van der Waals surface area contributed by atoms with Gasteiger partial charge in [0.15, 0.2) is 17.3 Å². The van der Waals surface area contributed by atoms with Crippen molar-refractivity contribution in [1.82, 2.24) is 0 Å². The lowest BCUT2D eigenvalue weighted by molar-refractivity contribution is 0.0986. The van der Waals surface area contributed by atoms with Crippen LogP contribution in [0, 0.1) is 0 Å². The van der Waals surface area contributed by atoms with E-state index in [-0.39, 0.29) is 34.3 Å². The molecule has 3 aromatic rings. The Bertz CT molecular complexity index is 1410. The van der Waals surface area contributed by atoms with E-state index in [4.69, 9.17) is 0 Å². The monoisotopic (exact) mass is 430 g/mol. The number of aliphatic hydroxyl groups is 1. The normalized spacial score (nSPS) is 15.5. The summed E-state index contributed by atoms with van der Waals surface area (Å²) in [5, 5.41) is 10.6. The van der Waals surface area contributed by atoms with Crippen LogP contribution in [-0.4, -0.2) is 22.5 Å². The highest BCUT2D eigenvalue weighted by Gasteiger charge is 2.32. The van der Waals surface area contributed by atoms with Gasteiger partial charge in [-0.2, -0.15) is 0 Å². The molecule has 0 radical (unpaired) electrons. The fourth-order valence-corrected chi connectivity index (χ4v) is 4.09. The Labute approximate surface area is 190 Å². The second kappa shape index (κ2) is 8.17. The Kier molecular flexibility index (Phi) is 5.04. The van der Waals surface area contributed by atoms with E-state index < -0.39 is 0 Å². The molecule has 5 rings (SSSR count). The zero-order chi connectivity index (χ0) is 22.9. The van der Waals surface area contributed by atoms with E-state index >= 15 is 0 Å². The number of hydrogen-bond acceptors (Lipinski definition) is 4. The molecule has 0 aromatic heterocycles. The van der Waals surface area contributed by atoms with Crippen LogP contribution in [0.2, 0.25) is 0 Å². The Balaban J connectivity index is 1.54. The first kappa shape index (κ1) is 20.3. The van der Waals surface area contributed by atoms with Crippen LogP contribution in [-0.2, 0) is 0 Å². The number of carbonyl (C=O) groups excluding carboxylic acids is 3. The van der Waals surface area contributed by atoms with Crippen LogP contribution in [0.25, 0.3) is 11.3 Å². The third-order valence-corrected chi connectivity index (χ3v) is 5.80. The van der Waals surface area contributed by atoms with Gasteiger partial charge in [0.2, 0.25) is 0 Å². The van der Waals surface area contributed by atoms with Crippen LogP contribution in [0.15, 0.2) is 114 Å². The molecular weight excluding hydrogens is 412 g/mol. The lowest BCUT2D eigenvalue weighted by Gasteiger charge is -2.03. The van der Waals surface area contributed by atoms with Crippen molar-refractivity contribution in [1.29, 1.82) is 0 Å². The summed E-state index contributed by atoms with van der Waals surface area (Å²) in [6.45, 7) is 0. The van der Waals surface area contributed by atoms with Crippen LogP contribution in [0.1, 0.15) is 42.2 Å². The number of aliphatic hydroxyl groups excluding tert-OH is 1. The molecule has 2 aliphatic rings. The Morgan fingerprint density at radius 3 is 1.73 bits per heavy atom. The molecule has 0 atom stereocenters. The van der Waals surface area contributed by atoms with Crippen molar-refractivity contribution in [2.24, 2.45) is 0 Å². The molecule has 0 saturated heterocycles. The van der Waals surface area contributed by atoms with Crippen LogP contribution in [0.5, 0.6) is 0 Å². The zero-order valence-electron chi connectivity index (χ0n) is 17.5. The van der Waals surface area contributed by atoms with Gasteiger partial charge in [0.1, 0.15) is 5.76 Å². The van der Waals surface area contributed by atoms with Gasteiger partial charge < -0.3 is 5.11 Å². The molecule has 33 heavy (non-hydrogen) atoms. The predicted molar refractivity (Wildman–Crippen MR) is 127 cm³/mol. The highest BCUT2D eigenvalue weighted by Crippen LogP contribution is 2.32. The molecule has 0 unspecified atom stereocenters. The largest absolute Gasteiger partial charge is 0.507 e. The van der Waals surface area contributed by atoms with Crippen molar-refractivity contribution >= 4 is 28.7 Å². The summed E-state index contributed by atoms with van der Waals surface area (Å²) in [5.74, 6) is -0.911. The first-order valence-electron chi connectivity index (χ1n) is 10.5. The van der Waals surface area contributed by atoms with Crippen molar-refractivity contribution < 1.29 is 19.5 Å². The molecule has 0 saturated carbocycles. The van der Waals surface area contributed by atoms with Crippen molar-refractivity contribution in [2.45, 2.75) is 0 Å². The molecule has 0 heterocycles. The maximum absolute atomic E-state index is 12.7. The summed E-state index contributed by atoms with van der Waals surface area (Å²) in [7, 11) is 0. The topological polar surface area (TPSA) is 71.4 Å². The number of ketones is 3. The van der Waals surface area contributed by atoms with E-state index in [0.29, 0.717) is 27.8 Å². The minimum Gasteiger partial charge on any atom is -0.507 e. The van der Waals surface area contributed by atoms with Crippen LogP contribution in [0.4, 0.5) is 0 Å². The van der Waals surface area contributed by atoms with Gasteiger partial charge in [-0.1, -0.05) is 91.0 Å². The van der Waals surface area contributed by atoms with Crippen LogP contribution >= 0.6 is 0 Å². The first-order chi connectivity index (χ1) is 16.1. The minimum absolute atomic E-state index is 0.0609. The molecule has 0 amide bonds. The van der Waals surface area contributed by atoms with Gasteiger partial charge in [-0.25, -0.2) is 0 Å². The highest BCUT2D eigenvalue weighted by atomic mass is 16.3. The number of fused-ring (bicyclic) bond motifs is 2. The number of hydrogen-bond donors (Lipinski definition) is 1. The third kappa shape index (κ3) is 3.48. The number of allylic oxidation sites excluding steroid dienone is 7. The highest BCUT2D eigenvalue weighted by molar-refractivity contribution is 6.39. The number of Topliss-reactive ketones (excluding diaryl/α,β-unsaturated/α-hetero) is 3. The quantitative estimate of drug-likeness (QED) is 0.323. The maximum Gasteiger partial charge on any atom is 0.197 e. The summed E-state index contributed by atoms with van der Waals surface area (Å²) >= 11 is 0. The average molecular weight is 430 g/mol. The van der Waals surface area contributed by atoms with Crippen molar-refractivity contribution in [2.75, 3.05) is 0 Å². The lowest BCUT2D eigenvalue weighted by atomic mass is 10.0. The smallest absolute Gasteiger partial charge is 0.197 e. The van der Waals surface area contributed by atoms with Gasteiger partial charge in [-0.3, -0.25) is 14.4 Å². The molecule has 2 aliphatic carbocycles. The van der Waals surface area contributed by atoms with Gasteiger partial charge in [-0.05, 0) is 23.3 Å². The van der Waals surface area contributed by atoms with Crippen LogP contribution < -0.4 is 0 Å². The second-order valence-electron chi connectivity index (χ2n) is 7.74. The molecule has 0 spiro atoms. The molecular formula is C29H18O4. The van der Waals surface area contributed by atoms with E-state index in [2.05, 4.69) is 0 Å². The predicted octanol–water partition coefficient (Wildman–Crippen LogP) is 5.80. The second-order valence-corrected chi connectivity index (χ2v) is 7.74. The van der Waals surface area contributed by atoms with E-state index in [9.17, 15) is 19.5 Å². The average Bonchev–Trinajstić information content (AvgIpc) is 3.25. The molecule has 0 bridgehead atoms. The summed E-state index contributed by atoms with van der Waals surface area (Å²) in [5.41, 5.74) is 3.60. The lowest BCUT2D eigenvalue weighted by Crippen LogP contribution is -2.00. The van der Waals surface area contributed by atoms with Crippen LogP contribution in [0.3, 0.4) is 0 Å². The number of carbonyl (C=O) groups is 3. The standard InChI is InChI=1S/C29H18O4/c30-26-20-10-4-5-11-21(20)27(31)24(26)16-14-19(18-8-2-1-3-9-18)15-17-25-28(32)22-12-6-7-13-23(22)29(25)33/h1-17,30H. The number of benzene rings is 3. The van der Waals surface area contributed by atoms with E-state index in [1.165, 1.54) is 6.08 Å². The van der Waals surface area contributed by atoms with Gasteiger partial charge in [0, 0.05) is 22.3 Å². The summed E-state index contributed by atoms with van der Waals surface area (Å²) in [4.78, 5) is 38.2. The Morgan fingerprint density at radius 1 is 0.636 bits per heavy atom. The fourth-order valence-electron chi connectivity index (χ4n) is 4.09. The van der Waals surface area contributed by atoms with Gasteiger partial charge in [0.05, 0.1) is 11.1 Å². The Morgan fingerprint density at radius 2 is 1.15 bits per heavy atom.